The Morgan fingerprint density at radius 1 is 1.30 bits per heavy atom. The maximum Gasteiger partial charge on any atom is 0.251 e. The van der Waals surface area contributed by atoms with E-state index in [1.165, 1.54) is 6.33 Å². The van der Waals surface area contributed by atoms with E-state index >= 15 is 0 Å². The highest BCUT2D eigenvalue weighted by Gasteiger charge is 2.05. The van der Waals surface area contributed by atoms with Gasteiger partial charge in [-0.2, -0.15) is 5.10 Å². The van der Waals surface area contributed by atoms with Gasteiger partial charge in [0.2, 0.25) is 0 Å². The van der Waals surface area contributed by atoms with E-state index in [4.69, 9.17) is 0 Å². The largest absolute Gasteiger partial charge is 0.351 e. The molecule has 1 aromatic heterocycles. The van der Waals surface area contributed by atoms with Crippen molar-refractivity contribution < 1.29 is 4.79 Å². The lowest BCUT2D eigenvalue weighted by Gasteiger charge is -2.05. The minimum Gasteiger partial charge on any atom is -0.351 e. The Morgan fingerprint density at radius 2 is 2.10 bits per heavy atom. The smallest absolute Gasteiger partial charge is 0.251 e. The fourth-order valence-electron chi connectivity index (χ4n) is 1.57. The fraction of sp³-hybridized carbons (Fsp3) is 0.308. The number of thioether (sulfide) groups is 1. The number of rotatable bonds is 7. The number of carbonyl (C=O) groups is 1. The van der Waals surface area contributed by atoms with Crippen LogP contribution in [0.5, 0.6) is 0 Å². The Kier molecular flexibility index (Phi) is 5.57. The minimum atomic E-state index is -0.0466. The second kappa shape index (κ2) is 7.66. The SMILES string of the molecule is CNCCNC(=O)c1ccc(CSc2ncn[nH]2)cc1. The second-order valence-electron chi connectivity index (χ2n) is 4.14. The summed E-state index contributed by atoms with van der Waals surface area (Å²) >= 11 is 1.57. The predicted molar refractivity (Wildman–Crippen MR) is 78.6 cm³/mol. The molecule has 0 saturated carbocycles. The molecule has 6 nitrogen and oxygen atoms in total. The van der Waals surface area contributed by atoms with Crippen LogP contribution in [0.1, 0.15) is 15.9 Å². The van der Waals surface area contributed by atoms with E-state index in [2.05, 4.69) is 25.8 Å². The van der Waals surface area contributed by atoms with Crippen LogP contribution in [0.2, 0.25) is 0 Å². The molecule has 0 atom stereocenters. The molecular weight excluding hydrogens is 274 g/mol. The van der Waals surface area contributed by atoms with E-state index < -0.39 is 0 Å². The van der Waals surface area contributed by atoms with Crippen molar-refractivity contribution in [3.05, 3.63) is 41.7 Å². The van der Waals surface area contributed by atoms with Crippen molar-refractivity contribution in [2.24, 2.45) is 0 Å². The highest BCUT2D eigenvalue weighted by Crippen LogP contribution is 2.18. The monoisotopic (exact) mass is 291 g/mol. The van der Waals surface area contributed by atoms with Crippen LogP contribution >= 0.6 is 11.8 Å². The van der Waals surface area contributed by atoms with Gasteiger partial charge >= 0.3 is 0 Å². The molecule has 1 heterocycles. The van der Waals surface area contributed by atoms with Crippen molar-refractivity contribution >= 4 is 17.7 Å². The van der Waals surface area contributed by atoms with E-state index in [0.29, 0.717) is 12.1 Å². The summed E-state index contributed by atoms with van der Waals surface area (Å²) in [4.78, 5) is 15.9. The van der Waals surface area contributed by atoms with E-state index in [0.717, 1.165) is 23.0 Å². The van der Waals surface area contributed by atoms with Gasteiger partial charge in [-0.25, -0.2) is 4.98 Å². The first-order valence-corrected chi connectivity index (χ1v) is 7.28. The van der Waals surface area contributed by atoms with Crippen molar-refractivity contribution in [3.63, 3.8) is 0 Å². The zero-order chi connectivity index (χ0) is 14.2. The Morgan fingerprint density at radius 3 is 2.75 bits per heavy atom. The van der Waals surface area contributed by atoms with Crippen LogP contribution < -0.4 is 10.6 Å². The van der Waals surface area contributed by atoms with Crippen molar-refractivity contribution in [1.82, 2.24) is 25.8 Å². The van der Waals surface area contributed by atoms with Crippen LogP contribution in [-0.2, 0) is 5.75 Å². The van der Waals surface area contributed by atoms with Gasteiger partial charge in [-0.05, 0) is 24.7 Å². The first kappa shape index (κ1) is 14.5. The Hall–Kier alpha value is -1.86. The third kappa shape index (κ3) is 4.36. The molecule has 2 aromatic rings. The number of nitrogens with one attached hydrogen (secondary N) is 3. The second-order valence-corrected chi connectivity index (χ2v) is 5.10. The molecule has 0 saturated heterocycles. The standard InChI is InChI=1S/C13H17N5OS/c1-14-6-7-15-12(19)11-4-2-10(3-5-11)8-20-13-16-9-17-18-13/h2-5,9,14H,6-8H2,1H3,(H,15,19)(H,16,17,18). The highest BCUT2D eigenvalue weighted by atomic mass is 32.2. The van der Waals surface area contributed by atoms with Crippen LogP contribution in [0.4, 0.5) is 0 Å². The molecule has 0 aliphatic carbocycles. The molecule has 0 aliphatic heterocycles. The van der Waals surface area contributed by atoms with Crippen molar-refractivity contribution in [1.29, 1.82) is 0 Å². The number of aromatic amines is 1. The fourth-order valence-corrected chi connectivity index (χ4v) is 2.31. The topological polar surface area (TPSA) is 82.7 Å². The van der Waals surface area contributed by atoms with E-state index in [1.54, 1.807) is 11.8 Å². The normalized spacial score (nSPS) is 10.4. The predicted octanol–water partition coefficient (Wildman–Crippen LogP) is 1.05. The van der Waals surface area contributed by atoms with Crippen LogP contribution in [0.3, 0.4) is 0 Å². The molecule has 0 unspecified atom stereocenters. The van der Waals surface area contributed by atoms with Crippen molar-refractivity contribution in [3.8, 4) is 0 Å². The highest BCUT2D eigenvalue weighted by molar-refractivity contribution is 7.98. The third-order valence-corrected chi connectivity index (χ3v) is 3.59. The molecule has 3 N–H and O–H groups in total. The molecular formula is C13H17N5OS. The molecule has 0 bridgehead atoms. The number of nitrogens with zero attached hydrogens (tertiary/aromatic N) is 2. The van der Waals surface area contributed by atoms with Gasteiger partial charge in [0.25, 0.3) is 5.91 Å². The number of carbonyl (C=O) groups excluding carboxylic acids is 1. The van der Waals surface area contributed by atoms with Gasteiger partial charge in [-0.1, -0.05) is 23.9 Å². The van der Waals surface area contributed by atoms with Crippen molar-refractivity contribution in [2.75, 3.05) is 20.1 Å². The average Bonchev–Trinajstić information content (AvgIpc) is 2.99. The molecule has 0 aliphatic rings. The Balaban J connectivity index is 1.84. The van der Waals surface area contributed by atoms with Crippen LogP contribution in [0.15, 0.2) is 35.7 Å². The van der Waals surface area contributed by atoms with E-state index in [9.17, 15) is 4.79 Å². The average molecular weight is 291 g/mol. The molecule has 2 rings (SSSR count). The lowest BCUT2D eigenvalue weighted by atomic mass is 10.1. The first-order chi connectivity index (χ1) is 9.79. The number of H-pyrrole nitrogens is 1. The molecule has 1 amide bonds. The summed E-state index contributed by atoms with van der Waals surface area (Å²) in [6.07, 6.45) is 1.49. The number of amides is 1. The van der Waals surface area contributed by atoms with Gasteiger partial charge in [-0.3, -0.25) is 9.89 Å². The van der Waals surface area contributed by atoms with Gasteiger partial charge in [0, 0.05) is 24.4 Å². The zero-order valence-electron chi connectivity index (χ0n) is 11.2. The number of hydrogen-bond acceptors (Lipinski definition) is 5. The van der Waals surface area contributed by atoms with Gasteiger partial charge in [0.05, 0.1) is 0 Å². The van der Waals surface area contributed by atoms with Gasteiger partial charge in [0.1, 0.15) is 6.33 Å². The maximum atomic E-state index is 11.8. The number of likely N-dealkylation sites (N-methyl/N-ethyl adjacent to an activating group) is 1. The summed E-state index contributed by atoms with van der Waals surface area (Å²) in [6, 6.07) is 7.59. The molecule has 1 aromatic carbocycles. The van der Waals surface area contributed by atoms with Gasteiger partial charge in [-0.15, -0.1) is 0 Å². The summed E-state index contributed by atoms with van der Waals surface area (Å²) in [5.41, 5.74) is 1.81. The molecule has 0 radical (unpaired) electrons. The quantitative estimate of drug-likeness (QED) is 0.524. The van der Waals surface area contributed by atoms with Crippen LogP contribution in [0.25, 0.3) is 0 Å². The molecule has 20 heavy (non-hydrogen) atoms. The maximum absolute atomic E-state index is 11.8. The molecule has 0 fully saturated rings. The minimum absolute atomic E-state index is 0.0466. The molecule has 106 valence electrons. The lowest BCUT2D eigenvalue weighted by molar-refractivity contribution is 0.0954. The zero-order valence-corrected chi connectivity index (χ0v) is 12.0. The van der Waals surface area contributed by atoms with E-state index in [1.807, 2.05) is 31.3 Å². The van der Waals surface area contributed by atoms with Crippen LogP contribution in [0, 0.1) is 0 Å². The van der Waals surface area contributed by atoms with Gasteiger partial charge in [0.15, 0.2) is 5.16 Å². The van der Waals surface area contributed by atoms with E-state index in [-0.39, 0.29) is 5.91 Å². The molecule has 7 heteroatoms. The first-order valence-electron chi connectivity index (χ1n) is 6.29. The Labute approximate surface area is 121 Å². The third-order valence-electron chi connectivity index (χ3n) is 2.65. The number of hydrogen-bond donors (Lipinski definition) is 3. The molecule has 0 spiro atoms. The van der Waals surface area contributed by atoms with Crippen molar-refractivity contribution in [2.45, 2.75) is 10.9 Å². The Bertz CT molecular complexity index is 526. The summed E-state index contributed by atoms with van der Waals surface area (Å²) in [6.45, 7) is 1.38. The summed E-state index contributed by atoms with van der Waals surface area (Å²) in [7, 11) is 1.85. The summed E-state index contributed by atoms with van der Waals surface area (Å²) < 4.78 is 0. The number of aromatic nitrogens is 3. The van der Waals surface area contributed by atoms with Crippen LogP contribution in [-0.4, -0.2) is 41.2 Å². The van der Waals surface area contributed by atoms with Gasteiger partial charge < -0.3 is 10.6 Å². The summed E-state index contributed by atoms with van der Waals surface area (Å²) in [5, 5.41) is 13.2. The lowest BCUT2D eigenvalue weighted by Crippen LogP contribution is -2.30. The number of benzene rings is 1. The summed E-state index contributed by atoms with van der Waals surface area (Å²) in [5.74, 6) is 0.742.